The Hall–Kier alpha value is 0.290. The van der Waals surface area contributed by atoms with Crippen LogP contribution in [-0.2, 0) is 6.54 Å². The lowest BCUT2D eigenvalue weighted by Gasteiger charge is -2.25. The normalized spacial score (nSPS) is 24.7. The van der Waals surface area contributed by atoms with Gasteiger partial charge < -0.3 is 5.32 Å². The highest BCUT2D eigenvalue weighted by Gasteiger charge is 2.26. The van der Waals surface area contributed by atoms with Crippen molar-refractivity contribution < 1.29 is 0 Å². The summed E-state index contributed by atoms with van der Waals surface area (Å²) in [6.45, 7) is 8.86. The molecule has 2 atom stereocenters. The first kappa shape index (κ1) is 14.7. The second-order valence-electron chi connectivity index (χ2n) is 5.06. The van der Waals surface area contributed by atoms with Gasteiger partial charge in [-0.3, -0.25) is 0 Å². The molecule has 2 nitrogen and oxygen atoms in total. The monoisotopic (exact) mass is 302 g/mol. The molecule has 2 unspecified atom stereocenters. The molecule has 0 amide bonds. The maximum absolute atomic E-state index is 4.63. The van der Waals surface area contributed by atoms with Crippen molar-refractivity contribution in [1.82, 2.24) is 10.3 Å². The minimum Gasteiger partial charge on any atom is -0.312 e. The minimum atomic E-state index is 0.604. The van der Waals surface area contributed by atoms with Crippen LogP contribution in [0.25, 0.3) is 0 Å². The van der Waals surface area contributed by atoms with E-state index in [1.54, 1.807) is 0 Å². The molecule has 18 heavy (non-hydrogen) atoms. The molecule has 0 radical (unpaired) electrons. The second kappa shape index (κ2) is 7.17. The van der Waals surface area contributed by atoms with Crippen molar-refractivity contribution in [2.45, 2.75) is 37.8 Å². The summed E-state index contributed by atoms with van der Waals surface area (Å²) in [5.41, 5.74) is 0. The molecule has 1 aromatic rings. The third-order valence-corrected chi connectivity index (χ3v) is 7.18. The third-order valence-electron chi connectivity index (χ3n) is 2.85. The van der Waals surface area contributed by atoms with Gasteiger partial charge in [-0.15, -0.1) is 23.1 Å². The van der Waals surface area contributed by atoms with E-state index in [0.29, 0.717) is 16.4 Å². The number of aromatic nitrogens is 1. The van der Waals surface area contributed by atoms with E-state index in [-0.39, 0.29) is 0 Å². The zero-order chi connectivity index (χ0) is 13.0. The summed E-state index contributed by atoms with van der Waals surface area (Å²) in [6.07, 6.45) is 2.06. The molecule has 0 saturated carbocycles. The zero-order valence-electron chi connectivity index (χ0n) is 11.3. The van der Waals surface area contributed by atoms with E-state index in [1.165, 1.54) is 21.4 Å². The number of thiazole rings is 1. The molecule has 1 N–H and O–H groups in total. The van der Waals surface area contributed by atoms with Crippen molar-refractivity contribution in [2.75, 3.05) is 18.1 Å². The Morgan fingerprint density at radius 3 is 2.89 bits per heavy atom. The lowest BCUT2D eigenvalue weighted by molar-refractivity contribution is 0.554. The molecule has 1 saturated heterocycles. The second-order valence-corrected chi connectivity index (χ2v) is 8.94. The number of nitrogens with zero attached hydrogens (tertiary/aromatic N) is 1. The van der Waals surface area contributed by atoms with Crippen LogP contribution < -0.4 is 5.32 Å². The van der Waals surface area contributed by atoms with Crippen molar-refractivity contribution in [3.05, 3.63) is 16.1 Å². The number of rotatable bonds is 5. The number of thioether (sulfide) groups is 2. The molecule has 0 spiro atoms. The smallest absolute Gasteiger partial charge is 0.107 e. The first-order valence-electron chi connectivity index (χ1n) is 6.55. The van der Waals surface area contributed by atoms with E-state index in [2.05, 4.69) is 60.8 Å². The van der Waals surface area contributed by atoms with Crippen LogP contribution in [0.15, 0.2) is 6.20 Å². The first-order chi connectivity index (χ1) is 8.66. The largest absolute Gasteiger partial charge is 0.312 e. The van der Waals surface area contributed by atoms with Crippen molar-refractivity contribution >= 4 is 34.9 Å². The van der Waals surface area contributed by atoms with Gasteiger partial charge in [0.05, 0.1) is 5.25 Å². The number of hydrogen-bond acceptors (Lipinski definition) is 5. The van der Waals surface area contributed by atoms with Crippen molar-refractivity contribution in [3.63, 3.8) is 0 Å². The Morgan fingerprint density at radius 2 is 2.17 bits per heavy atom. The van der Waals surface area contributed by atoms with Crippen molar-refractivity contribution in [1.29, 1.82) is 0 Å². The molecule has 2 rings (SSSR count). The van der Waals surface area contributed by atoms with Crippen LogP contribution in [0.5, 0.6) is 0 Å². The van der Waals surface area contributed by atoms with Crippen molar-refractivity contribution in [3.8, 4) is 0 Å². The average molecular weight is 303 g/mol. The van der Waals surface area contributed by atoms with Crippen LogP contribution in [0, 0.1) is 5.92 Å². The van der Waals surface area contributed by atoms with E-state index in [1.807, 2.05) is 11.3 Å². The molecular weight excluding hydrogens is 280 g/mol. The fraction of sp³-hybridized carbons (Fsp3) is 0.769. The third kappa shape index (κ3) is 4.15. The minimum absolute atomic E-state index is 0.604. The van der Waals surface area contributed by atoms with Crippen molar-refractivity contribution in [2.24, 2.45) is 5.92 Å². The SMILES string of the molecule is CC(C)CNCc1cnc(C2SCCSC2C)s1. The van der Waals surface area contributed by atoms with E-state index in [0.717, 1.165) is 13.1 Å². The van der Waals surface area contributed by atoms with Crippen LogP contribution in [0.1, 0.15) is 35.9 Å². The molecule has 1 aliphatic rings. The van der Waals surface area contributed by atoms with Gasteiger partial charge in [-0.1, -0.05) is 20.8 Å². The van der Waals surface area contributed by atoms with Gasteiger partial charge in [0.25, 0.3) is 0 Å². The summed E-state index contributed by atoms with van der Waals surface area (Å²) in [5, 5.41) is 6.11. The quantitative estimate of drug-likeness (QED) is 0.894. The molecule has 1 aromatic heterocycles. The average Bonchev–Trinajstić information content (AvgIpc) is 2.78. The topological polar surface area (TPSA) is 24.9 Å². The summed E-state index contributed by atoms with van der Waals surface area (Å²) >= 11 is 6.04. The summed E-state index contributed by atoms with van der Waals surface area (Å²) in [6, 6.07) is 0. The zero-order valence-corrected chi connectivity index (χ0v) is 13.8. The lowest BCUT2D eigenvalue weighted by Crippen LogP contribution is -2.18. The Labute approximate surface area is 123 Å². The Bertz CT molecular complexity index is 365. The number of hydrogen-bond donors (Lipinski definition) is 1. The predicted molar refractivity (Wildman–Crippen MR) is 85.8 cm³/mol. The molecule has 0 aromatic carbocycles. The molecule has 0 aliphatic carbocycles. The van der Waals surface area contributed by atoms with Gasteiger partial charge in [0.1, 0.15) is 5.01 Å². The molecular formula is C13H22N2S3. The summed E-state index contributed by atoms with van der Waals surface area (Å²) in [7, 11) is 0. The molecule has 2 heterocycles. The van der Waals surface area contributed by atoms with Gasteiger partial charge in [0.2, 0.25) is 0 Å². The van der Waals surface area contributed by atoms with Crippen LogP contribution in [0.2, 0.25) is 0 Å². The van der Waals surface area contributed by atoms with Crippen LogP contribution in [-0.4, -0.2) is 28.3 Å². The summed E-state index contributed by atoms with van der Waals surface area (Å²) < 4.78 is 0. The van der Waals surface area contributed by atoms with Gasteiger partial charge in [-0.2, -0.15) is 11.8 Å². The van der Waals surface area contributed by atoms with Gasteiger partial charge in [0.15, 0.2) is 0 Å². The maximum Gasteiger partial charge on any atom is 0.107 e. The predicted octanol–water partition coefficient (Wildman–Crippen LogP) is 3.80. The van der Waals surface area contributed by atoms with Crippen LogP contribution in [0.4, 0.5) is 0 Å². The maximum atomic E-state index is 4.63. The standard InChI is InChI=1S/C13H22N2S3/c1-9(2)6-14-7-11-8-15-13(18-11)12-10(3)16-4-5-17-12/h8-10,12,14H,4-7H2,1-3H3. The van der Waals surface area contributed by atoms with Crippen LogP contribution >= 0.6 is 34.9 Å². The van der Waals surface area contributed by atoms with Gasteiger partial charge in [-0.05, 0) is 12.5 Å². The molecule has 0 bridgehead atoms. The highest BCUT2D eigenvalue weighted by molar-refractivity contribution is 8.06. The fourth-order valence-corrected chi connectivity index (χ4v) is 5.98. The lowest BCUT2D eigenvalue weighted by atomic mass is 10.2. The summed E-state index contributed by atoms with van der Waals surface area (Å²) in [4.78, 5) is 6.00. The molecule has 1 fully saturated rings. The molecule has 1 aliphatic heterocycles. The van der Waals surface area contributed by atoms with Gasteiger partial charge in [-0.25, -0.2) is 4.98 Å². The van der Waals surface area contributed by atoms with Gasteiger partial charge >= 0.3 is 0 Å². The fourth-order valence-electron chi connectivity index (χ4n) is 1.92. The van der Waals surface area contributed by atoms with E-state index in [4.69, 9.17) is 0 Å². The highest BCUT2D eigenvalue weighted by Crippen LogP contribution is 2.43. The highest BCUT2D eigenvalue weighted by atomic mass is 32.2. The van der Waals surface area contributed by atoms with Gasteiger partial charge in [0, 0.05) is 34.4 Å². The van der Waals surface area contributed by atoms with E-state index in [9.17, 15) is 0 Å². The Morgan fingerprint density at radius 1 is 1.39 bits per heavy atom. The molecule has 5 heteroatoms. The van der Waals surface area contributed by atoms with Crippen LogP contribution in [0.3, 0.4) is 0 Å². The first-order valence-corrected chi connectivity index (χ1v) is 9.46. The molecule has 102 valence electrons. The van der Waals surface area contributed by atoms with E-state index < -0.39 is 0 Å². The number of nitrogens with one attached hydrogen (secondary N) is 1. The Kier molecular flexibility index (Phi) is 5.86. The summed E-state index contributed by atoms with van der Waals surface area (Å²) in [5.74, 6) is 3.26. The van der Waals surface area contributed by atoms with E-state index >= 15 is 0 Å². The Balaban J connectivity index is 1.88.